The second kappa shape index (κ2) is 6.30. The first-order valence-electron chi connectivity index (χ1n) is 9.83. The average molecular weight is 384 g/mol. The van der Waals surface area contributed by atoms with Crippen LogP contribution >= 0.6 is 0 Å². The van der Waals surface area contributed by atoms with Gasteiger partial charge in [-0.25, -0.2) is 0 Å². The predicted octanol–water partition coefficient (Wildman–Crippen LogP) is 3.12. The molecular weight excluding hydrogens is 360 g/mol. The average Bonchev–Trinajstić information content (AvgIpc) is 3.13. The number of aliphatic hydroxyl groups is 1. The number of hydrogen-bond donors (Lipinski definition) is 1. The van der Waals surface area contributed by atoms with Crippen LogP contribution in [0.2, 0.25) is 0 Å². The van der Waals surface area contributed by atoms with Gasteiger partial charge in [0.1, 0.15) is 5.75 Å². The number of rotatable bonds is 5. The van der Waals surface area contributed by atoms with Crippen molar-refractivity contribution in [2.75, 3.05) is 7.11 Å². The number of nitrogens with zero attached hydrogens (tertiary/aromatic N) is 2. The topological polar surface area (TPSA) is 94.7 Å². The molecule has 7 heteroatoms. The number of methoxy groups -OCH3 is 1. The number of carbonyl (C=O) groups is 1. The van der Waals surface area contributed by atoms with Crippen molar-refractivity contribution in [3.05, 3.63) is 30.2 Å². The molecule has 4 fully saturated rings. The third kappa shape index (κ3) is 2.98. The molecule has 1 aromatic heterocycles. The minimum Gasteiger partial charge on any atom is -0.497 e. The minimum atomic E-state index is -0.685. The first-order chi connectivity index (χ1) is 13.5. The van der Waals surface area contributed by atoms with E-state index in [1.165, 1.54) is 0 Å². The Morgan fingerprint density at radius 1 is 1.18 bits per heavy atom. The number of carbonyl (C=O) groups excluding carboxylic acids is 1. The maximum absolute atomic E-state index is 12.9. The van der Waals surface area contributed by atoms with Crippen molar-refractivity contribution >= 4 is 5.97 Å². The fourth-order valence-corrected chi connectivity index (χ4v) is 5.90. The molecule has 4 aliphatic rings. The van der Waals surface area contributed by atoms with Crippen molar-refractivity contribution in [2.45, 2.75) is 50.7 Å². The molecule has 0 spiro atoms. The molecule has 1 N–H and O–H groups in total. The summed E-state index contributed by atoms with van der Waals surface area (Å²) in [6.45, 7) is -0.0441. The van der Waals surface area contributed by atoms with E-state index >= 15 is 0 Å². The Morgan fingerprint density at radius 2 is 1.89 bits per heavy atom. The molecule has 28 heavy (non-hydrogen) atoms. The Bertz CT molecular complexity index is 876. The second-order valence-corrected chi connectivity index (χ2v) is 8.77. The van der Waals surface area contributed by atoms with Gasteiger partial charge < -0.3 is 19.0 Å². The fraction of sp³-hybridized carbons (Fsp3) is 0.571. The lowest BCUT2D eigenvalue weighted by Gasteiger charge is -2.58. The number of hydrogen-bond acceptors (Lipinski definition) is 7. The van der Waals surface area contributed by atoms with Gasteiger partial charge in [0.05, 0.1) is 18.1 Å². The van der Waals surface area contributed by atoms with E-state index in [1.54, 1.807) is 7.11 Å². The largest absolute Gasteiger partial charge is 0.497 e. The van der Waals surface area contributed by atoms with E-state index in [4.69, 9.17) is 13.9 Å². The molecule has 1 aromatic carbocycles. The van der Waals surface area contributed by atoms with Crippen molar-refractivity contribution in [1.29, 1.82) is 0 Å². The molecule has 2 atom stereocenters. The van der Waals surface area contributed by atoms with E-state index in [9.17, 15) is 9.90 Å². The maximum Gasteiger partial charge on any atom is 0.312 e. The Kier molecular flexibility index (Phi) is 3.98. The highest BCUT2D eigenvalue weighted by atomic mass is 16.5. The van der Waals surface area contributed by atoms with Crippen LogP contribution in [0.15, 0.2) is 28.7 Å². The van der Waals surface area contributed by atoms with Crippen molar-refractivity contribution in [3.63, 3.8) is 0 Å². The van der Waals surface area contributed by atoms with Crippen molar-refractivity contribution in [2.24, 2.45) is 17.3 Å². The molecule has 0 amide bonds. The monoisotopic (exact) mass is 384 g/mol. The maximum atomic E-state index is 12.9. The van der Waals surface area contributed by atoms with Crippen LogP contribution in [0.1, 0.15) is 44.4 Å². The molecule has 2 unspecified atom stereocenters. The molecule has 4 saturated carbocycles. The summed E-state index contributed by atoms with van der Waals surface area (Å²) in [6.07, 6.45) is 4.96. The lowest BCUT2D eigenvalue weighted by atomic mass is 9.48. The highest BCUT2D eigenvalue weighted by Gasteiger charge is 2.60. The van der Waals surface area contributed by atoms with E-state index in [1.807, 2.05) is 24.3 Å². The molecular formula is C21H24N2O5. The van der Waals surface area contributed by atoms with Gasteiger partial charge in [-0.2, -0.15) is 0 Å². The Hall–Kier alpha value is -2.41. The van der Waals surface area contributed by atoms with Gasteiger partial charge in [-0.05, 0) is 74.6 Å². The van der Waals surface area contributed by atoms with Crippen molar-refractivity contribution in [1.82, 2.24) is 10.2 Å². The number of esters is 1. The van der Waals surface area contributed by atoms with Gasteiger partial charge in [0.25, 0.3) is 5.89 Å². The van der Waals surface area contributed by atoms with Crippen LogP contribution in [0.25, 0.3) is 11.5 Å². The van der Waals surface area contributed by atoms with Gasteiger partial charge in [0, 0.05) is 5.56 Å². The summed E-state index contributed by atoms with van der Waals surface area (Å²) in [5.74, 6) is 2.02. The summed E-state index contributed by atoms with van der Waals surface area (Å²) in [6, 6.07) is 7.30. The minimum absolute atomic E-state index is 0.0441. The zero-order valence-electron chi connectivity index (χ0n) is 15.9. The summed E-state index contributed by atoms with van der Waals surface area (Å²) in [5.41, 5.74) is -0.457. The van der Waals surface area contributed by atoms with Crippen LogP contribution in [0, 0.1) is 17.3 Å². The zero-order chi connectivity index (χ0) is 19.4. The summed E-state index contributed by atoms with van der Waals surface area (Å²) >= 11 is 0. The molecule has 6 rings (SSSR count). The lowest BCUT2D eigenvalue weighted by Crippen LogP contribution is -2.58. The first-order valence-corrected chi connectivity index (χ1v) is 9.83. The molecule has 2 aromatic rings. The van der Waals surface area contributed by atoms with Gasteiger partial charge in [0.2, 0.25) is 5.89 Å². The third-order valence-corrected chi connectivity index (χ3v) is 6.59. The molecule has 148 valence electrons. The Balaban J connectivity index is 1.25. The van der Waals surface area contributed by atoms with E-state index in [0.29, 0.717) is 24.1 Å². The van der Waals surface area contributed by atoms with Gasteiger partial charge in [-0.1, -0.05) is 0 Å². The smallest absolute Gasteiger partial charge is 0.312 e. The van der Waals surface area contributed by atoms with Gasteiger partial charge in [-0.15, -0.1) is 10.2 Å². The van der Waals surface area contributed by atoms with Crippen molar-refractivity contribution in [3.8, 4) is 17.2 Å². The summed E-state index contributed by atoms with van der Waals surface area (Å²) < 4.78 is 16.4. The number of aromatic nitrogens is 2. The second-order valence-electron chi connectivity index (χ2n) is 8.77. The van der Waals surface area contributed by atoms with Gasteiger partial charge >= 0.3 is 5.97 Å². The van der Waals surface area contributed by atoms with Crippen LogP contribution in [0.3, 0.4) is 0 Å². The molecule has 0 saturated heterocycles. The number of ether oxygens (including phenoxy) is 2. The molecule has 4 aliphatic carbocycles. The summed E-state index contributed by atoms with van der Waals surface area (Å²) in [7, 11) is 1.61. The highest BCUT2D eigenvalue weighted by molar-refractivity contribution is 5.77. The van der Waals surface area contributed by atoms with E-state index in [2.05, 4.69) is 10.2 Å². The van der Waals surface area contributed by atoms with E-state index < -0.39 is 11.0 Å². The van der Waals surface area contributed by atoms with Crippen molar-refractivity contribution < 1.29 is 23.8 Å². The molecule has 4 bridgehead atoms. The SMILES string of the molecule is COc1ccc(-c2nnc(COC(=O)C34CC5CC(CC(O)(C5)C3)C4)o2)cc1. The summed E-state index contributed by atoms with van der Waals surface area (Å²) in [4.78, 5) is 12.9. The van der Waals surface area contributed by atoms with Crippen LogP contribution in [0.5, 0.6) is 5.75 Å². The predicted molar refractivity (Wildman–Crippen MR) is 98.1 cm³/mol. The van der Waals surface area contributed by atoms with Gasteiger partial charge in [0.15, 0.2) is 6.61 Å². The molecule has 0 radical (unpaired) electrons. The Morgan fingerprint density at radius 3 is 2.54 bits per heavy atom. The quantitative estimate of drug-likeness (QED) is 0.792. The highest BCUT2D eigenvalue weighted by Crippen LogP contribution is 2.62. The number of benzene rings is 1. The first kappa shape index (κ1) is 17.7. The summed E-state index contributed by atoms with van der Waals surface area (Å²) in [5, 5.41) is 18.8. The normalized spacial score (nSPS) is 33.1. The standard InChI is InChI=1S/C21H24N2O5/c1-26-16-4-2-15(3-5-16)18-23-22-17(28-18)11-27-19(24)20-7-13-6-14(8-20)10-21(25,9-13)12-20/h2-5,13-14,25H,6-12H2,1H3. The van der Waals surface area contributed by atoms with E-state index in [-0.39, 0.29) is 18.5 Å². The zero-order valence-corrected chi connectivity index (χ0v) is 15.9. The van der Waals surface area contributed by atoms with Crippen LogP contribution in [-0.2, 0) is 16.1 Å². The van der Waals surface area contributed by atoms with Gasteiger partial charge in [-0.3, -0.25) is 4.79 Å². The molecule has 1 heterocycles. The van der Waals surface area contributed by atoms with Crippen LogP contribution in [0.4, 0.5) is 0 Å². The molecule has 0 aliphatic heterocycles. The third-order valence-electron chi connectivity index (χ3n) is 6.59. The Labute approximate surface area is 163 Å². The van der Waals surface area contributed by atoms with Crippen LogP contribution < -0.4 is 4.74 Å². The lowest BCUT2D eigenvalue weighted by molar-refractivity contribution is -0.197. The molecule has 7 nitrogen and oxygen atoms in total. The fourth-order valence-electron chi connectivity index (χ4n) is 5.90. The van der Waals surface area contributed by atoms with Crippen LogP contribution in [-0.4, -0.2) is 34.0 Å². The van der Waals surface area contributed by atoms with E-state index in [0.717, 1.165) is 43.4 Å².